The Bertz CT molecular complexity index is 563. The molecule has 0 spiro atoms. The monoisotopic (exact) mass is 252 g/mol. The van der Waals surface area contributed by atoms with Gasteiger partial charge in [0, 0.05) is 24.2 Å². The molecule has 2 aromatic carbocycles. The van der Waals surface area contributed by atoms with E-state index < -0.39 is 0 Å². The minimum absolute atomic E-state index is 0.614. The molecule has 0 radical (unpaired) electrons. The fraction of sp³-hybridized carbons (Fsp3) is 0.294. The Balaban J connectivity index is 1.59. The zero-order valence-corrected chi connectivity index (χ0v) is 11.3. The predicted octanol–water partition coefficient (Wildman–Crippen LogP) is 3.22. The van der Waals surface area contributed by atoms with Gasteiger partial charge in [0.1, 0.15) is 0 Å². The highest BCUT2D eigenvalue weighted by atomic mass is 15.0. The van der Waals surface area contributed by atoms with E-state index in [4.69, 9.17) is 5.73 Å². The van der Waals surface area contributed by atoms with Crippen LogP contribution in [0.3, 0.4) is 0 Å². The summed E-state index contributed by atoms with van der Waals surface area (Å²) in [7, 11) is 0. The molecule has 0 aliphatic heterocycles. The van der Waals surface area contributed by atoms with E-state index in [1.807, 2.05) is 12.1 Å². The fourth-order valence-corrected chi connectivity index (χ4v) is 2.63. The zero-order chi connectivity index (χ0) is 13.2. The average molecular weight is 252 g/mol. The topological polar surface area (TPSA) is 38.0 Å². The summed E-state index contributed by atoms with van der Waals surface area (Å²) in [6, 6.07) is 17.5. The smallest absolute Gasteiger partial charge is 0.0346 e. The Hall–Kier alpha value is -1.80. The molecular weight excluding hydrogens is 232 g/mol. The summed E-state index contributed by atoms with van der Waals surface area (Å²) in [5.41, 5.74) is 10.8. The molecule has 0 amide bonds. The third kappa shape index (κ3) is 2.64. The summed E-state index contributed by atoms with van der Waals surface area (Å²) in [4.78, 5) is 0. The molecule has 1 aliphatic carbocycles. The molecule has 1 fully saturated rings. The lowest BCUT2D eigenvalue weighted by molar-refractivity contribution is 0.670. The molecule has 1 aliphatic rings. The largest absolute Gasteiger partial charge is 0.399 e. The second kappa shape index (κ2) is 5.06. The van der Waals surface area contributed by atoms with Crippen molar-refractivity contribution in [2.24, 2.45) is 0 Å². The van der Waals surface area contributed by atoms with E-state index in [1.165, 1.54) is 23.1 Å². The van der Waals surface area contributed by atoms with Gasteiger partial charge in [-0.05, 0) is 36.1 Å². The van der Waals surface area contributed by atoms with E-state index in [9.17, 15) is 0 Å². The van der Waals surface area contributed by atoms with Crippen LogP contribution in [0.5, 0.6) is 0 Å². The minimum Gasteiger partial charge on any atom is -0.399 e. The van der Waals surface area contributed by atoms with Gasteiger partial charge in [-0.3, -0.25) is 0 Å². The molecule has 2 aromatic rings. The van der Waals surface area contributed by atoms with Crippen LogP contribution in [0, 0.1) is 6.92 Å². The van der Waals surface area contributed by atoms with Gasteiger partial charge in [0.05, 0.1) is 0 Å². The van der Waals surface area contributed by atoms with Crippen molar-refractivity contribution in [2.45, 2.75) is 31.8 Å². The fourth-order valence-electron chi connectivity index (χ4n) is 2.63. The molecule has 3 rings (SSSR count). The van der Waals surface area contributed by atoms with Crippen LogP contribution in [-0.4, -0.2) is 6.04 Å². The first kappa shape index (κ1) is 12.2. The lowest BCUT2D eigenvalue weighted by Gasteiger charge is -2.09. The quantitative estimate of drug-likeness (QED) is 0.820. The third-order valence-electron chi connectivity index (χ3n) is 4.06. The molecule has 3 N–H and O–H groups in total. The Kier molecular flexibility index (Phi) is 3.26. The molecule has 98 valence electrons. The Morgan fingerprint density at radius 1 is 1.11 bits per heavy atom. The standard InChI is InChI=1S/C17H20N2/c1-12-14(8-5-9-16(12)18)11-19-17-10-15(17)13-6-3-2-4-7-13/h2-9,15,17,19H,10-11,18H2,1H3. The van der Waals surface area contributed by atoms with Crippen LogP contribution in [0.2, 0.25) is 0 Å². The van der Waals surface area contributed by atoms with E-state index in [0.717, 1.165) is 12.2 Å². The Morgan fingerprint density at radius 2 is 1.89 bits per heavy atom. The molecule has 2 atom stereocenters. The summed E-state index contributed by atoms with van der Waals surface area (Å²) in [6.45, 7) is 3.00. The molecule has 2 unspecified atom stereocenters. The van der Waals surface area contributed by atoms with Crippen LogP contribution >= 0.6 is 0 Å². The number of nitrogens with two attached hydrogens (primary N) is 1. The highest BCUT2D eigenvalue weighted by molar-refractivity contribution is 5.49. The van der Waals surface area contributed by atoms with Gasteiger partial charge >= 0.3 is 0 Å². The van der Waals surface area contributed by atoms with Crippen molar-refractivity contribution >= 4 is 5.69 Å². The van der Waals surface area contributed by atoms with Crippen molar-refractivity contribution in [1.82, 2.24) is 5.32 Å². The van der Waals surface area contributed by atoms with E-state index in [2.05, 4.69) is 48.6 Å². The number of hydrogen-bond donors (Lipinski definition) is 2. The van der Waals surface area contributed by atoms with E-state index >= 15 is 0 Å². The van der Waals surface area contributed by atoms with Crippen LogP contribution < -0.4 is 11.1 Å². The van der Waals surface area contributed by atoms with Crippen molar-refractivity contribution in [3.8, 4) is 0 Å². The molecule has 19 heavy (non-hydrogen) atoms. The Labute approximate surface area is 114 Å². The molecule has 0 bridgehead atoms. The molecule has 0 saturated heterocycles. The van der Waals surface area contributed by atoms with Crippen molar-refractivity contribution in [1.29, 1.82) is 0 Å². The van der Waals surface area contributed by atoms with Gasteiger partial charge in [-0.25, -0.2) is 0 Å². The van der Waals surface area contributed by atoms with Crippen molar-refractivity contribution < 1.29 is 0 Å². The molecular formula is C17H20N2. The number of hydrogen-bond acceptors (Lipinski definition) is 2. The minimum atomic E-state index is 0.614. The number of nitrogen functional groups attached to an aromatic ring is 1. The highest BCUT2D eigenvalue weighted by Gasteiger charge is 2.37. The second-order valence-electron chi connectivity index (χ2n) is 5.37. The molecule has 1 saturated carbocycles. The van der Waals surface area contributed by atoms with Crippen LogP contribution in [-0.2, 0) is 6.54 Å². The van der Waals surface area contributed by atoms with Crippen LogP contribution in [0.1, 0.15) is 29.0 Å². The van der Waals surface area contributed by atoms with Gasteiger partial charge in [-0.15, -0.1) is 0 Å². The molecule has 2 heteroatoms. The normalized spacial score (nSPS) is 21.3. The van der Waals surface area contributed by atoms with Gasteiger partial charge in [-0.1, -0.05) is 42.5 Å². The summed E-state index contributed by atoms with van der Waals surface area (Å²) in [5.74, 6) is 0.683. The van der Waals surface area contributed by atoms with Gasteiger partial charge in [0.2, 0.25) is 0 Å². The van der Waals surface area contributed by atoms with Gasteiger partial charge in [0.15, 0.2) is 0 Å². The van der Waals surface area contributed by atoms with Gasteiger partial charge in [-0.2, -0.15) is 0 Å². The van der Waals surface area contributed by atoms with Crippen LogP contribution in [0.15, 0.2) is 48.5 Å². The van der Waals surface area contributed by atoms with Crippen LogP contribution in [0.25, 0.3) is 0 Å². The second-order valence-corrected chi connectivity index (χ2v) is 5.37. The number of rotatable bonds is 4. The van der Waals surface area contributed by atoms with E-state index in [-0.39, 0.29) is 0 Å². The maximum atomic E-state index is 5.93. The zero-order valence-electron chi connectivity index (χ0n) is 11.3. The maximum absolute atomic E-state index is 5.93. The maximum Gasteiger partial charge on any atom is 0.0346 e. The Morgan fingerprint density at radius 3 is 2.68 bits per heavy atom. The van der Waals surface area contributed by atoms with Crippen molar-refractivity contribution in [3.63, 3.8) is 0 Å². The first-order valence-electron chi connectivity index (χ1n) is 6.88. The van der Waals surface area contributed by atoms with Crippen LogP contribution in [0.4, 0.5) is 5.69 Å². The lowest BCUT2D eigenvalue weighted by Crippen LogP contribution is -2.18. The highest BCUT2D eigenvalue weighted by Crippen LogP contribution is 2.40. The SMILES string of the molecule is Cc1c(N)cccc1CNC1CC1c1ccccc1. The lowest BCUT2D eigenvalue weighted by atomic mass is 10.1. The average Bonchev–Trinajstić information content (AvgIpc) is 3.21. The number of benzene rings is 2. The first-order valence-corrected chi connectivity index (χ1v) is 6.88. The van der Waals surface area contributed by atoms with Crippen molar-refractivity contribution in [3.05, 3.63) is 65.2 Å². The third-order valence-corrected chi connectivity index (χ3v) is 4.06. The summed E-state index contributed by atoms with van der Waals surface area (Å²) in [5, 5.41) is 3.63. The summed E-state index contributed by atoms with van der Waals surface area (Å²) >= 11 is 0. The molecule has 0 aromatic heterocycles. The molecule has 0 heterocycles. The summed E-state index contributed by atoms with van der Waals surface area (Å²) < 4.78 is 0. The van der Waals surface area contributed by atoms with E-state index in [1.54, 1.807) is 0 Å². The first-order chi connectivity index (χ1) is 9.25. The summed E-state index contributed by atoms with van der Waals surface area (Å²) in [6.07, 6.45) is 1.24. The van der Waals surface area contributed by atoms with Gasteiger partial charge in [0.25, 0.3) is 0 Å². The molecule has 2 nitrogen and oxygen atoms in total. The van der Waals surface area contributed by atoms with Gasteiger partial charge < -0.3 is 11.1 Å². The predicted molar refractivity (Wildman–Crippen MR) is 80.0 cm³/mol. The number of anilines is 1. The van der Waals surface area contributed by atoms with Crippen molar-refractivity contribution in [2.75, 3.05) is 5.73 Å². The number of nitrogens with one attached hydrogen (secondary N) is 1. The van der Waals surface area contributed by atoms with E-state index in [0.29, 0.717) is 12.0 Å².